The van der Waals surface area contributed by atoms with Crippen LogP contribution in [0.4, 0.5) is 11.4 Å². The molecule has 0 saturated carbocycles. The number of aryl methyl sites for hydroxylation is 1. The number of para-hydroxylation sites is 1. The number of carbonyl (C=O) groups excluding carboxylic acids is 2. The number of hydrogen-bond acceptors (Lipinski definition) is 3. The van der Waals surface area contributed by atoms with E-state index in [4.69, 9.17) is 11.6 Å². The first-order valence-electron chi connectivity index (χ1n) is 7.93. The summed E-state index contributed by atoms with van der Waals surface area (Å²) in [5.74, 6) is -0.708. The molecule has 1 aromatic heterocycles. The molecule has 0 aliphatic heterocycles. The minimum absolute atomic E-state index is 0.161. The van der Waals surface area contributed by atoms with Gasteiger partial charge in [0.15, 0.2) is 0 Å². The highest BCUT2D eigenvalue weighted by atomic mass is 35.5. The zero-order valence-electron chi connectivity index (χ0n) is 14.0. The lowest BCUT2D eigenvalue weighted by atomic mass is 10.1. The molecule has 3 rings (SSSR count). The van der Waals surface area contributed by atoms with Crippen LogP contribution in [0.2, 0.25) is 5.02 Å². The van der Waals surface area contributed by atoms with Crippen molar-refractivity contribution < 1.29 is 9.59 Å². The largest absolute Gasteiger partial charge is 0.322 e. The molecule has 3 aromatic rings. The number of benzene rings is 2. The first-order valence-corrected chi connectivity index (χ1v) is 8.31. The van der Waals surface area contributed by atoms with Crippen LogP contribution >= 0.6 is 11.6 Å². The van der Waals surface area contributed by atoms with Gasteiger partial charge in [-0.15, -0.1) is 0 Å². The Morgan fingerprint density at radius 2 is 1.69 bits per heavy atom. The highest BCUT2D eigenvalue weighted by Crippen LogP contribution is 2.20. The minimum atomic E-state index is -0.381. The van der Waals surface area contributed by atoms with Crippen molar-refractivity contribution in [2.75, 3.05) is 10.6 Å². The second kappa shape index (κ2) is 7.80. The standard InChI is InChI=1S/C20H16ClN3O2/c1-13-11-15(21)7-8-17(13)24-19(25)14-9-10-22-18(12-14)20(26)23-16-5-3-2-4-6-16/h2-12H,1H3,(H,23,26)(H,24,25). The van der Waals surface area contributed by atoms with E-state index in [0.717, 1.165) is 5.56 Å². The lowest BCUT2D eigenvalue weighted by molar-refractivity contribution is 0.102. The van der Waals surface area contributed by atoms with E-state index in [1.807, 2.05) is 25.1 Å². The van der Waals surface area contributed by atoms with Crippen molar-refractivity contribution >= 4 is 34.8 Å². The molecular weight excluding hydrogens is 350 g/mol. The van der Waals surface area contributed by atoms with Crippen LogP contribution in [0, 0.1) is 6.92 Å². The van der Waals surface area contributed by atoms with E-state index >= 15 is 0 Å². The summed E-state index contributed by atoms with van der Waals surface area (Å²) >= 11 is 5.93. The maximum absolute atomic E-state index is 12.5. The summed E-state index contributed by atoms with van der Waals surface area (Å²) in [7, 11) is 0. The maximum Gasteiger partial charge on any atom is 0.274 e. The van der Waals surface area contributed by atoms with Crippen molar-refractivity contribution in [1.29, 1.82) is 0 Å². The number of carbonyl (C=O) groups is 2. The molecule has 2 amide bonds. The summed E-state index contributed by atoms with van der Waals surface area (Å²) in [6, 6.07) is 17.3. The maximum atomic E-state index is 12.5. The summed E-state index contributed by atoms with van der Waals surface area (Å²) < 4.78 is 0. The normalized spacial score (nSPS) is 10.2. The molecule has 0 spiro atoms. The fraction of sp³-hybridized carbons (Fsp3) is 0.0500. The molecule has 0 fully saturated rings. The number of aromatic nitrogens is 1. The molecule has 0 unspecified atom stereocenters. The van der Waals surface area contributed by atoms with Crippen molar-refractivity contribution in [3.05, 3.63) is 88.7 Å². The van der Waals surface area contributed by atoms with Crippen LogP contribution in [-0.2, 0) is 0 Å². The van der Waals surface area contributed by atoms with Gasteiger partial charge in [-0.25, -0.2) is 0 Å². The van der Waals surface area contributed by atoms with E-state index in [1.165, 1.54) is 12.3 Å². The smallest absolute Gasteiger partial charge is 0.274 e. The van der Waals surface area contributed by atoms with Crippen LogP contribution in [0.5, 0.6) is 0 Å². The highest BCUT2D eigenvalue weighted by molar-refractivity contribution is 6.30. The molecular formula is C20H16ClN3O2. The van der Waals surface area contributed by atoms with E-state index < -0.39 is 0 Å². The molecule has 130 valence electrons. The van der Waals surface area contributed by atoms with E-state index in [1.54, 1.807) is 36.4 Å². The molecule has 1 heterocycles. The SMILES string of the molecule is Cc1cc(Cl)ccc1NC(=O)c1ccnc(C(=O)Nc2ccccc2)c1. The van der Waals surface area contributed by atoms with E-state index in [2.05, 4.69) is 15.6 Å². The Balaban J connectivity index is 1.76. The van der Waals surface area contributed by atoms with Gasteiger partial charge < -0.3 is 10.6 Å². The molecule has 0 aliphatic carbocycles. The fourth-order valence-electron chi connectivity index (χ4n) is 2.37. The molecule has 6 heteroatoms. The number of amides is 2. The van der Waals surface area contributed by atoms with Gasteiger partial charge >= 0.3 is 0 Å². The number of nitrogens with one attached hydrogen (secondary N) is 2. The number of anilines is 2. The van der Waals surface area contributed by atoms with Crippen LogP contribution in [0.3, 0.4) is 0 Å². The predicted molar refractivity (Wildman–Crippen MR) is 103 cm³/mol. The fourth-order valence-corrected chi connectivity index (χ4v) is 2.60. The van der Waals surface area contributed by atoms with E-state index in [-0.39, 0.29) is 17.5 Å². The van der Waals surface area contributed by atoms with Gasteiger partial charge in [-0.3, -0.25) is 14.6 Å². The number of halogens is 1. The topological polar surface area (TPSA) is 71.1 Å². The van der Waals surface area contributed by atoms with Gasteiger partial charge in [0.25, 0.3) is 11.8 Å². The van der Waals surface area contributed by atoms with Crippen molar-refractivity contribution in [2.24, 2.45) is 0 Å². The number of pyridine rings is 1. The van der Waals surface area contributed by atoms with E-state index in [9.17, 15) is 9.59 Å². The van der Waals surface area contributed by atoms with E-state index in [0.29, 0.717) is 22.0 Å². The average molecular weight is 366 g/mol. The van der Waals surface area contributed by atoms with Crippen LogP contribution in [0.15, 0.2) is 66.9 Å². The van der Waals surface area contributed by atoms with Crippen molar-refractivity contribution in [3.8, 4) is 0 Å². The zero-order chi connectivity index (χ0) is 18.5. The lowest BCUT2D eigenvalue weighted by Gasteiger charge is -2.09. The minimum Gasteiger partial charge on any atom is -0.322 e. The van der Waals surface area contributed by atoms with Gasteiger partial charge in [-0.2, -0.15) is 0 Å². The van der Waals surface area contributed by atoms with Gasteiger partial charge in [-0.05, 0) is 55.0 Å². The molecule has 0 aliphatic rings. The van der Waals surface area contributed by atoms with Gasteiger partial charge in [-0.1, -0.05) is 29.8 Å². The Labute approximate surface area is 156 Å². The Bertz CT molecular complexity index is 958. The van der Waals surface area contributed by atoms with Gasteiger partial charge in [0.1, 0.15) is 5.69 Å². The molecule has 0 atom stereocenters. The van der Waals surface area contributed by atoms with Crippen molar-refractivity contribution in [2.45, 2.75) is 6.92 Å². The Kier molecular flexibility index (Phi) is 5.29. The number of nitrogens with zero attached hydrogens (tertiary/aromatic N) is 1. The van der Waals surface area contributed by atoms with Crippen LogP contribution in [0.25, 0.3) is 0 Å². The summed E-state index contributed by atoms with van der Waals surface area (Å²) in [6.45, 7) is 1.85. The van der Waals surface area contributed by atoms with Crippen LogP contribution in [0.1, 0.15) is 26.4 Å². The molecule has 5 nitrogen and oxygen atoms in total. The Hall–Kier alpha value is -3.18. The summed E-state index contributed by atoms with van der Waals surface area (Å²) in [6.07, 6.45) is 1.43. The number of rotatable bonds is 4. The van der Waals surface area contributed by atoms with Crippen molar-refractivity contribution in [3.63, 3.8) is 0 Å². The molecule has 0 bridgehead atoms. The first kappa shape index (κ1) is 17.6. The highest BCUT2D eigenvalue weighted by Gasteiger charge is 2.13. The lowest BCUT2D eigenvalue weighted by Crippen LogP contribution is -2.17. The second-order valence-corrected chi connectivity index (χ2v) is 6.10. The quantitative estimate of drug-likeness (QED) is 0.712. The molecule has 0 radical (unpaired) electrons. The summed E-state index contributed by atoms with van der Waals surface area (Å²) in [5.41, 5.74) is 2.67. The average Bonchev–Trinajstić information content (AvgIpc) is 2.65. The Morgan fingerprint density at radius 1 is 0.923 bits per heavy atom. The third-order valence-electron chi connectivity index (χ3n) is 3.72. The summed E-state index contributed by atoms with van der Waals surface area (Å²) in [5, 5.41) is 6.16. The van der Waals surface area contributed by atoms with Gasteiger partial charge in [0.05, 0.1) is 0 Å². The molecule has 0 saturated heterocycles. The number of hydrogen-bond donors (Lipinski definition) is 2. The predicted octanol–water partition coefficient (Wildman–Crippen LogP) is 4.55. The molecule has 26 heavy (non-hydrogen) atoms. The van der Waals surface area contributed by atoms with Crippen molar-refractivity contribution in [1.82, 2.24) is 4.98 Å². The first-order chi connectivity index (χ1) is 12.5. The monoisotopic (exact) mass is 365 g/mol. The summed E-state index contributed by atoms with van der Waals surface area (Å²) in [4.78, 5) is 28.8. The molecule has 2 aromatic carbocycles. The Morgan fingerprint density at radius 3 is 2.42 bits per heavy atom. The second-order valence-electron chi connectivity index (χ2n) is 5.66. The zero-order valence-corrected chi connectivity index (χ0v) is 14.7. The third kappa shape index (κ3) is 4.26. The molecule has 2 N–H and O–H groups in total. The van der Waals surface area contributed by atoms with Gasteiger partial charge in [0, 0.05) is 28.2 Å². The third-order valence-corrected chi connectivity index (χ3v) is 3.96. The van der Waals surface area contributed by atoms with Crippen LogP contribution in [-0.4, -0.2) is 16.8 Å². The van der Waals surface area contributed by atoms with Gasteiger partial charge in [0.2, 0.25) is 0 Å². The van der Waals surface area contributed by atoms with Crippen LogP contribution < -0.4 is 10.6 Å².